The van der Waals surface area contributed by atoms with Crippen molar-refractivity contribution in [3.63, 3.8) is 0 Å². The van der Waals surface area contributed by atoms with Crippen molar-refractivity contribution in [2.24, 2.45) is 5.41 Å². The summed E-state index contributed by atoms with van der Waals surface area (Å²) in [7, 11) is 0. The van der Waals surface area contributed by atoms with E-state index in [1.165, 1.54) is 39.1 Å². The first-order valence-corrected chi connectivity index (χ1v) is 24.1. The van der Waals surface area contributed by atoms with Gasteiger partial charge in [0, 0.05) is 66.5 Å². The molecule has 5 nitrogen and oxygen atoms in total. The summed E-state index contributed by atoms with van der Waals surface area (Å²) in [5, 5.41) is 2.26. The smallest absolute Gasteiger partial charge is 0.135 e. The maximum Gasteiger partial charge on any atom is 0.135 e. The van der Waals surface area contributed by atoms with Gasteiger partial charge in [-0.2, -0.15) is 6.07 Å². The Hall–Kier alpha value is -6.68. The molecule has 0 aliphatic carbocycles. The summed E-state index contributed by atoms with van der Waals surface area (Å²) in [5.74, 6) is 2.02. The number of hydrogen-bond acceptors (Lipinski definition) is 4. The van der Waals surface area contributed by atoms with Gasteiger partial charge in [-0.3, -0.25) is 0 Å². The molecule has 1 aliphatic heterocycles. The molecular formula is C64H61N4OPt-3. The number of aromatic nitrogens is 2. The Morgan fingerprint density at radius 1 is 0.529 bits per heavy atom. The van der Waals surface area contributed by atoms with E-state index >= 15 is 0 Å². The minimum atomic E-state index is -0.412. The first-order valence-electron chi connectivity index (χ1n) is 24.1. The molecule has 9 aromatic rings. The van der Waals surface area contributed by atoms with Crippen LogP contribution in [0.1, 0.15) is 97.1 Å². The predicted octanol–water partition coefficient (Wildman–Crippen LogP) is 16.5. The molecule has 3 heterocycles. The molecule has 6 heteroatoms. The van der Waals surface area contributed by atoms with Crippen LogP contribution in [0.3, 0.4) is 0 Å². The van der Waals surface area contributed by atoms with Crippen LogP contribution in [0.2, 0.25) is 0 Å². The maximum atomic E-state index is 6.98. The molecule has 0 unspecified atom stereocenters. The van der Waals surface area contributed by atoms with Crippen LogP contribution in [0, 0.1) is 24.2 Å². The van der Waals surface area contributed by atoms with E-state index in [9.17, 15) is 0 Å². The van der Waals surface area contributed by atoms with Crippen LogP contribution in [0.25, 0.3) is 38.8 Å². The molecule has 7 aromatic carbocycles. The summed E-state index contributed by atoms with van der Waals surface area (Å²) < 4.78 is 9.25. The fourth-order valence-corrected chi connectivity index (χ4v) is 9.79. The van der Waals surface area contributed by atoms with Gasteiger partial charge in [0.1, 0.15) is 5.82 Å². The summed E-state index contributed by atoms with van der Waals surface area (Å²) in [6.07, 6.45) is 4.17. The van der Waals surface area contributed by atoms with Gasteiger partial charge in [-0.15, -0.1) is 48.3 Å². The number of para-hydroxylation sites is 1. The number of fused-ring (bicyclic) bond motifs is 3. The fraction of sp³-hybridized carbons (Fsp3) is 0.219. The number of allylic oxidation sites excluding steroid dienone is 1. The number of benzene rings is 7. The standard InChI is InChI=1S/C64H61N4O.Pt/c1-61(2,3)49-35-45(44-23-14-11-15-24-44)36-51(37-49)67-43-66(42-58(67)62(4,5)6)50-29-22-30-52(39-50)69-53-40-55(64(9,10)47-27-18-13-19-28-47)60-54-31-20-21-32-56(54)68(57(60)41-53)59-38-48(33-34-65-59)63(7,8)46-25-16-12-17-26-46;/h11-38,40,42-43H,1-10H3;/q-3;. The summed E-state index contributed by atoms with van der Waals surface area (Å²) in [6.45, 7) is 25.0. The molecule has 0 N–H and O–H groups in total. The summed E-state index contributed by atoms with van der Waals surface area (Å²) >= 11 is 0. The second-order valence-corrected chi connectivity index (χ2v) is 21.6. The van der Waals surface area contributed by atoms with Gasteiger partial charge in [-0.05, 0) is 86.1 Å². The topological polar surface area (TPSA) is 33.5 Å². The Kier molecular flexibility index (Phi) is 12.8. The van der Waals surface area contributed by atoms with Gasteiger partial charge in [0.05, 0.1) is 0 Å². The molecular weight excluding hydrogens is 1040 g/mol. The van der Waals surface area contributed by atoms with E-state index in [1.807, 2.05) is 18.3 Å². The molecule has 0 spiro atoms. The number of nitrogens with zero attached hydrogens (tertiary/aromatic N) is 4. The third-order valence-electron chi connectivity index (χ3n) is 14.0. The Balaban J connectivity index is 0.00000608. The number of ether oxygens (including phenoxy) is 1. The van der Waals surface area contributed by atoms with Gasteiger partial charge in [-0.25, -0.2) is 4.98 Å². The normalized spacial score (nSPS) is 13.4. The van der Waals surface area contributed by atoms with Gasteiger partial charge in [0.2, 0.25) is 0 Å². The van der Waals surface area contributed by atoms with Crippen molar-refractivity contribution in [3.05, 3.63) is 235 Å². The van der Waals surface area contributed by atoms with Gasteiger partial charge in [-0.1, -0.05) is 195 Å². The molecule has 2 aromatic heterocycles. The molecule has 0 fully saturated rings. The van der Waals surface area contributed by atoms with Crippen molar-refractivity contribution < 1.29 is 25.8 Å². The Morgan fingerprint density at radius 2 is 1.17 bits per heavy atom. The van der Waals surface area contributed by atoms with Crippen LogP contribution in [-0.2, 0) is 37.3 Å². The van der Waals surface area contributed by atoms with Crippen LogP contribution >= 0.6 is 0 Å². The van der Waals surface area contributed by atoms with E-state index in [-0.39, 0.29) is 37.3 Å². The van der Waals surface area contributed by atoms with Crippen molar-refractivity contribution in [1.82, 2.24) is 9.55 Å². The Bertz CT molecular complexity index is 3360. The number of hydrogen-bond donors (Lipinski definition) is 0. The van der Waals surface area contributed by atoms with Crippen LogP contribution in [0.15, 0.2) is 188 Å². The molecule has 356 valence electrons. The maximum absolute atomic E-state index is 6.98. The Labute approximate surface area is 429 Å². The molecule has 0 saturated heterocycles. The molecule has 0 amide bonds. The quantitative estimate of drug-likeness (QED) is 0.128. The second kappa shape index (κ2) is 18.6. The predicted molar refractivity (Wildman–Crippen MR) is 287 cm³/mol. The van der Waals surface area contributed by atoms with Crippen molar-refractivity contribution in [3.8, 4) is 28.4 Å². The van der Waals surface area contributed by atoms with Gasteiger partial charge in [0.25, 0.3) is 0 Å². The molecule has 1 aliphatic rings. The molecule has 0 bridgehead atoms. The van der Waals surface area contributed by atoms with Crippen molar-refractivity contribution >= 4 is 33.2 Å². The Morgan fingerprint density at radius 3 is 1.84 bits per heavy atom. The van der Waals surface area contributed by atoms with Crippen molar-refractivity contribution in [1.29, 1.82) is 0 Å². The SMILES string of the molecule is CC(C)(C)C1=CN(c2[c-]c(Oc3[c-]c4c(c(C(C)(C)c5ccccc5)c3)c3ccccc3n4-c3cc(C(C)(C)c4ccccc4)ccn3)ccc2)[CH-]N1c1cc(-c2ccccc2)cc(C(C)(C)C)c1.[Pt]. The fourth-order valence-electron chi connectivity index (χ4n) is 9.79. The summed E-state index contributed by atoms with van der Waals surface area (Å²) in [6, 6.07) is 67.9. The van der Waals surface area contributed by atoms with Crippen LogP contribution in [-0.4, -0.2) is 9.55 Å². The average molecular weight is 1100 g/mol. The molecule has 0 saturated carbocycles. The minimum Gasteiger partial charge on any atom is -0.509 e. The molecule has 70 heavy (non-hydrogen) atoms. The monoisotopic (exact) mass is 1100 g/mol. The second-order valence-electron chi connectivity index (χ2n) is 21.6. The van der Waals surface area contributed by atoms with Gasteiger partial charge >= 0.3 is 0 Å². The molecule has 0 atom stereocenters. The van der Waals surface area contributed by atoms with Crippen LogP contribution in [0.4, 0.5) is 11.4 Å². The third-order valence-corrected chi connectivity index (χ3v) is 14.0. The van der Waals surface area contributed by atoms with Gasteiger partial charge in [0.15, 0.2) is 0 Å². The third kappa shape index (κ3) is 9.13. The number of rotatable bonds is 10. The molecule has 0 radical (unpaired) electrons. The van der Waals surface area contributed by atoms with Crippen molar-refractivity contribution in [2.75, 3.05) is 9.80 Å². The number of anilines is 2. The average Bonchev–Trinajstić information content (AvgIpc) is 3.96. The summed E-state index contributed by atoms with van der Waals surface area (Å²) in [4.78, 5) is 9.58. The zero-order valence-corrected chi connectivity index (χ0v) is 44.2. The van der Waals surface area contributed by atoms with E-state index in [0.29, 0.717) is 11.5 Å². The number of pyridine rings is 1. The van der Waals surface area contributed by atoms with E-state index < -0.39 is 5.41 Å². The van der Waals surface area contributed by atoms with E-state index in [1.54, 1.807) is 0 Å². The zero-order valence-electron chi connectivity index (χ0n) is 41.9. The van der Waals surface area contributed by atoms with E-state index in [2.05, 4.69) is 266 Å². The first-order chi connectivity index (χ1) is 33.0. The van der Waals surface area contributed by atoms with Crippen molar-refractivity contribution in [2.45, 2.75) is 85.5 Å². The van der Waals surface area contributed by atoms with Crippen LogP contribution < -0.4 is 14.5 Å². The summed E-state index contributed by atoms with van der Waals surface area (Å²) in [5.41, 5.74) is 12.7. The van der Waals surface area contributed by atoms with Crippen LogP contribution in [0.5, 0.6) is 11.5 Å². The van der Waals surface area contributed by atoms with E-state index in [0.717, 1.165) is 44.6 Å². The first kappa shape index (κ1) is 48.3. The molecule has 10 rings (SSSR count). The minimum absolute atomic E-state index is 0. The largest absolute Gasteiger partial charge is 0.509 e. The van der Waals surface area contributed by atoms with Gasteiger partial charge < -0.3 is 19.1 Å². The zero-order chi connectivity index (χ0) is 48.3. The van der Waals surface area contributed by atoms with E-state index in [4.69, 9.17) is 9.72 Å².